The zero-order valence-corrected chi connectivity index (χ0v) is 9.92. The Hall–Kier alpha value is -0.920. The van der Waals surface area contributed by atoms with Gasteiger partial charge < -0.3 is 0 Å². The number of benzene rings is 1. The van der Waals surface area contributed by atoms with Crippen molar-refractivity contribution in [2.24, 2.45) is 0 Å². The molecule has 7 heteroatoms. The Morgan fingerprint density at radius 1 is 0.933 bits per heavy atom. The van der Waals surface area contributed by atoms with Gasteiger partial charge in [0.15, 0.2) is 0 Å². The number of hydrogen-bond donors (Lipinski definition) is 1. The van der Waals surface area contributed by atoms with Gasteiger partial charge in [-0.15, -0.1) is 0 Å². The lowest BCUT2D eigenvalue weighted by molar-refractivity contribution is 0.483. The summed E-state index contributed by atoms with van der Waals surface area (Å²) in [7, 11) is -6.67. The Balaban J connectivity index is 0.000000336. The smallest absolute Gasteiger partial charge is 0.282 e. The van der Waals surface area contributed by atoms with Gasteiger partial charge in [-0.05, 0) is 12.1 Å². The maximum Gasteiger partial charge on any atom is 0.294 e. The second kappa shape index (κ2) is 5.24. The van der Waals surface area contributed by atoms with Gasteiger partial charge in [0.05, 0.1) is 4.90 Å². The van der Waals surface area contributed by atoms with Crippen molar-refractivity contribution in [3.05, 3.63) is 30.3 Å². The lowest BCUT2D eigenvalue weighted by Crippen LogP contribution is -1.96. The summed E-state index contributed by atoms with van der Waals surface area (Å²) < 4.78 is 48.5. The molecule has 0 atom stereocenters. The first-order chi connectivity index (χ1) is 6.61. The minimum absolute atomic E-state index is 0.0741. The molecule has 0 bridgehead atoms. The molecule has 86 valence electrons. The minimum Gasteiger partial charge on any atom is -0.282 e. The molecular weight excluding hydrogens is 240 g/mol. The van der Waals surface area contributed by atoms with E-state index in [0.29, 0.717) is 0 Å². The first-order valence-electron chi connectivity index (χ1n) is 3.78. The standard InChI is InChI=1S/C6H6O3S.C2H6O2S/c7-10(8,9)6-4-2-1-3-5-6;1-5(2,3)4/h1-5H,(H,7,8,9);1-2H3. The van der Waals surface area contributed by atoms with E-state index in [-0.39, 0.29) is 4.90 Å². The third-order valence-electron chi connectivity index (χ3n) is 1.04. The van der Waals surface area contributed by atoms with Gasteiger partial charge in [-0.25, -0.2) is 8.42 Å². The molecule has 0 aromatic heterocycles. The van der Waals surface area contributed by atoms with E-state index in [1.165, 1.54) is 12.1 Å². The fourth-order valence-corrected chi connectivity index (χ4v) is 1.09. The van der Waals surface area contributed by atoms with Gasteiger partial charge in [-0.3, -0.25) is 4.55 Å². The Labute approximate surface area is 89.4 Å². The summed E-state index contributed by atoms with van der Waals surface area (Å²) in [6.07, 6.45) is 2.32. The molecule has 1 aromatic rings. The zero-order chi connectivity index (χ0) is 12.1. The van der Waals surface area contributed by atoms with Gasteiger partial charge in [-0.2, -0.15) is 8.42 Å². The second-order valence-electron chi connectivity index (χ2n) is 2.93. The molecule has 5 nitrogen and oxygen atoms in total. The number of hydrogen-bond acceptors (Lipinski definition) is 4. The van der Waals surface area contributed by atoms with E-state index in [0.717, 1.165) is 12.5 Å². The normalized spacial score (nSPS) is 11.4. The van der Waals surface area contributed by atoms with Crippen LogP contribution in [0.15, 0.2) is 35.2 Å². The molecule has 1 aromatic carbocycles. The summed E-state index contributed by atoms with van der Waals surface area (Å²) in [6, 6.07) is 7.42. The van der Waals surface area contributed by atoms with E-state index < -0.39 is 20.0 Å². The fraction of sp³-hybridized carbons (Fsp3) is 0.250. The summed E-state index contributed by atoms with van der Waals surface area (Å²) in [5.74, 6) is 0. The van der Waals surface area contributed by atoms with Crippen LogP contribution in [0.3, 0.4) is 0 Å². The van der Waals surface area contributed by atoms with E-state index in [2.05, 4.69) is 0 Å². The highest BCUT2D eigenvalue weighted by atomic mass is 32.2. The van der Waals surface area contributed by atoms with E-state index in [4.69, 9.17) is 4.55 Å². The molecule has 0 aliphatic rings. The minimum atomic E-state index is -4.00. The molecule has 15 heavy (non-hydrogen) atoms. The van der Waals surface area contributed by atoms with Crippen molar-refractivity contribution >= 4 is 20.0 Å². The van der Waals surface area contributed by atoms with E-state index in [1.54, 1.807) is 18.2 Å². The highest BCUT2D eigenvalue weighted by molar-refractivity contribution is 7.89. The van der Waals surface area contributed by atoms with Gasteiger partial charge in [-0.1, -0.05) is 18.2 Å². The number of rotatable bonds is 1. The zero-order valence-electron chi connectivity index (χ0n) is 8.28. The first-order valence-corrected chi connectivity index (χ1v) is 7.52. The average molecular weight is 252 g/mol. The quantitative estimate of drug-likeness (QED) is 0.739. The largest absolute Gasteiger partial charge is 0.294 e. The molecule has 0 saturated carbocycles. The molecule has 0 aliphatic carbocycles. The highest BCUT2D eigenvalue weighted by Gasteiger charge is 2.05. The summed E-state index contributed by atoms with van der Waals surface area (Å²) in [4.78, 5) is -0.0741. The third kappa shape index (κ3) is 9.39. The van der Waals surface area contributed by atoms with E-state index in [9.17, 15) is 16.8 Å². The van der Waals surface area contributed by atoms with Crippen LogP contribution in [0, 0.1) is 0 Å². The predicted octanol–water partition coefficient (Wildman–Crippen LogP) is 0.594. The van der Waals surface area contributed by atoms with Crippen molar-refractivity contribution in [3.63, 3.8) is 0 Å². The summed E-state index contributed by atoms with van der Waals surface area (Å²) in [6.45, 7) is 0. The van der Waals surface area contributed by atoms with Crippen LogP contribution in [0.1, 0.15) is 0 Å². The second-order valence-corrected chi connectivity index (χ2v) is 6.64. The lowest BCUT2D eigenvalue weighted by atomic mass is 10.4. The first kappa shape index (κ1) is 14.1. The molecular formula is C8H12O5S2. The summed E-state index contributed by atoms with van der Waals surface area (Å²) >= 11 is 0. The summed E-state index contributed by atoms with van der Waals surface area (Å²) in [5, 5.41) is 0. The van der Waals surface area contributed by atoms with Crippen LogP contribution in [0.5, 0.6) is 0 Å². The molecule has 0 unspecified atom stereocenters. The predicted molar refractivity (Wildman–Crippen MR) is 57.0 cm³/mol. The fourth-order valence-electron chi connectivity index (χ4n) is 0.592. The average Bonchev–Trinajstić information content (AvgIpc) is 2.01. The molecule has 0 heterocycles. The molecule has 0 spiro atoms. The van der Waals surface area contributed by atoms with Crippen LogP contribution >= 0.6 is 0 Å². The van der Waals surface area contributed by atoms with Crippen LogP contribution in [0.4, 0.5) is 0 Å². The SMILES string of the molecule is CS(C)(=O)=O.O=S(=O)(O)c1ccccc1. The van der Waals surface area contributed by atoms with Gasteiger partial charge in [0.1, 0.15) is 9.84 Å². The third-order valence-corrected chi connectivity index (χ3v) is 1.91. The van der Waals surface area contributed by atoms with Crippen LogP contribution < -0.4 is 0 Å². The summed E-state index contributed by atoms with van der Waals surface area (Å²) in [5.41, 5.74) is 0. The maximum atomic E-state index is 10.4. The lowest BCUT2D eigenvalue weighted by Gasteiger charge is -1.92. The Kier molecular flexibility index (Phi) is 4.92. The van der Waals surface area contributed by atoms with Gasteiger partial charge in [0.2, 0.25) is 0 Å². The van der Waals surface area contributed by atoms with Crippen molar-refractivity contribution in [2.75, 3.05) is 12.5 Å². The molecule has 0 radical (unpaired) electrons. The van der Waals surface area contributed by atoms with Gasteiger partial charge in [0.25, 0.3) is 10.1 Å². The van der Waals surface area contributed by atoms with Crippen molar-refractivity contribution in [1.82, 2.24) is 0 Å². The Morgan fingerprint density at radius 2 is 1.27 bits per heavy atom. The van der Waals surface area contributed by atoms with Gasteiger partial charge in [0, 0.05) is 12.5 Å². The molecule has 0 aliphatic heterocycles. The van der Waals surface area contributed by atoms with Gasteiger partial charge >= 0.3 is 0 Å². The highest BCUT2D eigenvalue weighted by Crippen LogP contribution is 2.05. The molecule has 0 amide bonds. The van der Waals surface area contributed by atoms with Crippen LogP contribution in [0.25, 0.3) is 0 Å². The van der Waals surface area contributed by atoms with Crippen molar-refractivity contribution < 1.29 is 21.4 Å². The van der Waals surface area contributed by atoms with Crippen LogP contribution in [-0.2, 0) is 20.0 Å². The molecule has 0 saturated heterocycles. The van der Waals surface area contributed by atoms with Crippen LogP contribution in [-0.4, -0.2) is 33.9 Å². The monoisotopic (exact) mass is 252 g/mol. The molecule has 1 N–H and O–H groups in total. The molecule has 0 fully saturated rings. The van der Waals surface area contributed by atoms with E-state index in [1.807, 2.05) is 0 Å². The number of sulfone groups is 1. The van der Waals surface area contributed by atoms with E-state index >= 15 is 0 Å². The maximum absolute atomic E-state index is 10.4. The van der Waals surface area contributed by atoms with Crippen molar-refractivity contribution in [1.29, 1.82) is 0 Å². The van der Waals surface area contributed by atoms with Crippen molar-refractivity contribution in [2.45, 2.75) is 4.90 Å². The van der Waals surface area contributed by atoms with Crippen molar-refractivity contribution in [3.8, 4) is 0 Å². The topological polar surface area (TPSA) is 88.5 Å². The Bertz CT molecular complexity index is 479. The molecule has 1 rings (SSSR count). The van der Waals surface area contributed by atoms with Crippen LogP contribution in [0.2, 0.25) is 0 Å². The Morgan fingerprint density at radius 3 is 1.47 bits per heavy atom.